The molecule has 2 rings (SSSR count). The first-order valence-electron chi connectivity index (χ1n) is 8.24. The molecular formula is C18H25FN4S2. The summed E-state index contributed by atoms with van der Waals surface area (Å²) >= 11 is 3.38. The largest absolute Gasteiger partial charge is 0.357 e. The van der Waals surface area contributed by atoms with Crippen LogP contribution in [0.5, 0.6) is 0 Å². The Morgan fingerprint density at radius 3 is 2.72 bits per heavy atom. The van der Waals surface area contributed by atoms with E-state index in [0.717, 1.165) is 40.1 Å². The van der Waals surface area contributed by atoms with Gasteiger partial charge in [0.05, 0.1) is 23.8 Å². The maximum atomic E-state index is 13.5. The zero-order valence-electron chi connectivity index (χ0n) is 15.1. The molecule has 0 aliphatic rings. The molecule has 0 spiro atoms. The zero-order valence-corrected chi connectivity index (χ0v) is 16.8. The second-order valence-corrected chi connectivity index (χ2v) is 7.79. The highest BCUT2D eigenvalue weighted by Gasteiger charge is 2.07. The zero-order chi connectivity index (χ0) is 18.2. The van der Waals surface area contributed by atoms with Crippen molar-refractivity contribution < 1.29 is 4.39 Å². The number of thioether (sulfide) groups is 1. The molecule has 25 heavy (non-hydrogen) atoms. The summed E-state index contributed by atoms with van der Waals surface area (Å²) in [7, 11) is 0. The van der Waals surface area contributed by atoms with Crippen molar-refractivity contribution in [2.75, 3.05) is 12.8 Å². The van der Waals surface area contributed by atoms with Gasteiger partial charge in [-0.25, -0.2) is 14.4 Å². The Hall–Kier alpha value is -1.60. The molecule has 0 aliphatic carbocycles. The minimum atomic E-state index is -0.196. The lowest BCUT2D eigenvalue weighted by atomic mass is 10.1. The number of aliphatic imine (C=N–C) groups is 1. The molecule has 0 aliphatic heterocycles. The number of benzene rings is 1. The van der Waals surface area contributed by atoms with E-state index in [2.05, 4.69) is 20.6 Å². The van der Waals surface area contributed by atoms with Crippen molar-refractivity contribution in [3.63, 3.8) is 0 Å². The Labute approximate surface area is 157 Å². The van der Waals surface area contributed by atoms with Crippen LogP contribution in [-0.4, -0.2) is 23.7 Å². The van der Waals surface area contributed by atoms with E-state index in [1.165, 1.54) is 10.9 Å². The van der Waals surface area contributed by atoms with Crippen LogP contribution in [0, 0.1) is 19.7 Å². The van der Waals surface area contributed by atoms with Crippen molar-refractivity contribution in [3.8, 4) is 0 Å². The van der Waals surface area contributed by atoms with E-state index in [-0.39, 0.29) is 5.82 Å². The second-order valence-electron chi connectivity index (χ2n) is 5.64. The summed E-state index contributed by atoms with van der Waals surface area (Å²) in [6, 6.07) is 4.92. The van der Waals surface area contributed by atoms with Crippen LogP contribution in [0.2, 0.25) is 0 Å². The van der Waals surface area contributed by atoms with Gasteiger partial charge in [0, 0.05) is 17.2 Å². The number of nitrogens with zero attached hydrogens (tertiary/aromatic N) is 2. The molecule has 0 saturated heterocycles. The monoisotopic (exact) mass is 380 g/mol. The standard InChI is InChI=1S/C18H25FN4S2/c1-5-20-18(22-10-17-12(2)23-13(3)25-17)21-9-14-6-7-16(19)8-15(14)11-24-4/h6-8H,5,9-11H2,1-4H3,(H2,20,21,22). The van der Waals surface area contributed by atoms with E-state index in [9.17, 15) is 4.39 Å². The van der Waals surface area contributed by atoms with E-state index in [0.29, 0.717) is 13.1 Å². The van der Waals surface area contributed by atoms with Gasteiger partial charge in [0.25, 0.3) is 0 Å². The number of hydrogen-bond acceptors (Lipinski definition) is 4. The third kappa shape index (κ3) is 6.01. The van der Waals surface area contributed by atoms with Gasteiger partial charge in [-0.3, -0.25) is 0 Å². The molecule has 0 saturated carbocycles. The minimum absolute atomic E-state index is 0.196. The third-order valence-corrected chi connectivity index (χ3v) is 5.31. The van der Waals surface area contributed by atoms with Gasteiger partial charge >= 0.3 is 0 Å². The van der Waals surface area contributed by atoms with Crippen LogP contribution in [0.1, 0.15) is 33.6 Å². The second kappa shape index (κ2) is 9.77. The number of aromatic nitrogens is 1. The van der Waals surface area contributed by atoms with Crippen molar-refractivity contribution in [1.29, 1.82) is 0 Å². The fourth-order valence-electron chi connectivity index (χ4n) is 2.45. The van der Waals surface area contributed by atoms with Gasteiger partial charge in [-0.15, -0.1) is 11.3 Å². The van der Waals surface area contributed by atoms with Crippen LogP contribution < -0.4 is 10.6 Å². The van der Waals surface area contributed by atoms with Gasteiger partial charge in [-0.1, -0.05) is 6.07 Å². The molecule has 136 valence electrons. The summed E-state index contributed by atoms with van der Waals surface area (Å²) in [6.07, 6.45) is 2.02. The molecule has 7 heteroatoms. The van der Waals surface area contributed by atoms with Crippen molar-refractivity contribution in [1.82, 2.24) is 15.6 Å². The number of aryl methyl sites for hydroxylation is 2. The number of halogens is 1. The van der Waals surface area contributed by atoms with E-state index in [4.69, 9.17) is 0 Å². The topological polar surface area (TPSA) is 49.3 Å². The Balaban J connectivity index is 2.07. The van der Waals surface area contributed by atoms with Crippen LogP contribution in [-0.2, 0) is 18.8 Å². The van der Waals surface area contributed by atoms with Crippen molar-refractivity contribution >= 4 is 29.1 Å². The molecule has 0 bridgehead atoms. The van der Waals surface area contributed by atoms with Crippen LogP contribution in [0.25, 0.3) is 0 Å². The van der Waals surface area contributed by atoms with E-state index >= 15 is 0 Å². The predicted octanol–water partition coefficient (Wildman–Crippen LogP) is 4.02. The van der Waals surface area contributed by atoms with Crippen molar-refractivity contribution in [3.05, 3.63) is 50.7 Å². The minimum Gasteiger partial charge on any atom is -0.357 e. The molecule has 1 aromatic heterocycles. The lowest BCUT2D eigenvalue weighted by Gasteiger charge is -2.12. The predicted molar refractivity (Wildman–Crippen MR) is 107 cm³/mol. The Bertz CT molecular complexity index is 728. The van der Waals surface area contributed by atoms with Crippen LogP contribution in [0.15, 0.2) is 23.2 Å². The summed E-state index contributed by atoms with van der Waals surface area (Å²) in [5.41, 5.74) is 3.12. The molecule has 0 amide bonds. The average molecular weight is 381 g/mol. The number of guanidine groups is 1. The molecule has 4 nitrogen and oxygen atoms in total. The van der Waals surface area contributed by atoms with E-state index in [1.807, 2.05) is 33.1 Å². The van der Waals surface area contributed by atoms with Crippen LogP contribution in [0.3, 0.4) is 0 Å². The molecule has 0 radical (unpaired) electrons. The first-order valence-corrected chi connectivity index (χ1v) is 10.5. The highest BCUT2D eigenvalue weighted by Crippen LogP contribution is 2.18. The number of rotatable bonds is 7. The molecule has 2 N–H and O–H groups in total. The molecular weight excluding hydrogens is 355 g/mol. The maximum absolute atomic E-state index is 13.5. The third-order valence-electron chi connectivity index (χ3n) is 3.64. The Morgan fingerprint density at radius 1 is 1.28 bits per heavy atom. The summed E-state index contributed by atoms with van der Waals surface area (Å²) in [6.45, 7) is 8.08. The molecule has 1 heterocycles. The van der Waals surface area contributed by atoms with Gasteiger partial charge in [0.1, 0.15) is 5.82 Å². The lowest BCUT2D eigenvalue weighted by molar-refractivity contribution is 0.625. The van der Waals surface area contributed by atoms with E-state index < -0.39 is 0 Å². The van der Waals surface area contributed by atoms with Crippen molar-refractivity contribution in [2.24, 2.45) is 4.99 Å². The molecule has 1 aromatic carbocycles. The SMILES string of the molecule is CCNC(=NCc1ccc(F)cc1CSC)NCc1sc(C)nc1C. The molecule has 2 aromatic rings. The highest BCUT2D eigenvalue weighted by atomic mass is 32.2. The average Bonchev–Trinajstić information content (AvgIpc) is 2.89. The summed E-state index contributed by atoms with van der Waals surface area (Å²) < 4.78 is 13.5. The van der Waals surface area contributed by atoms with Gasteiger partial charge in [-0.2, -0.15) is 11.8 Å². The number of hydrogen-bond donors (Lipinski definition) is 2. The van der Waals surface area contributed by atoms with Crippen LogP contribution in [0.4, 0.5) is 4.39 Å². The first-order chi connectivity index (χ1) is 12.0. The lowest BCUT2D eigenvalue weighted by Crippen LogP contribution is -2.36. The number of nitrogens with one attached hydrogen (secondary N) is 2. The highest BCUT2D eigenvalue weighted by molar-refractivity contribution is 7.97. The summed E-state index contributed by atoms with van der Waals surface area (Å²) in [4.78, 5) is 10.3. The van der Waals surface area contributed by atoms with Gasteiger partial charge in [-0.05, 0) is 50.3 Å². The molecule has 0 fully saturated rings. The smallest absolute Gasteiger partial charge is 0.191 e. The maximum Gasteiger partial charge on any atom is 0.191 e. The van der Waals surface area contributed by atoms with Gasteiger partial charge < -0.3 is 10.6 Å². The number of thiazole rings is 1. The molecule has 0 unspecified atom stereocenters. The fourth-order valence-corrected chi connectivity index (χ4v) is 3.90. The van der Waals surface area contributed by atoms with Crippen LogP contribution >= 0.6 is 23.1 Å². The van der Waals surface area contributed by atoms with E-state index in [1.54, 1.807) is 29.2 Å². The summed E-state index contributed by atoms with van der Waals surface area (Å²) in [5.74, 6) is 1.34. The van der Waals surface area contributed by atoms with Crippen molar-refractivity contribution in [2.45, 2.75) is 39.6 Å². The Morgan fingerprint density at radius 2 is 2.08 bits per heavy atom. The Kier molecular flexibility index (Phi) is 7.71. The van der Waals surface area contributed by atoms with Gasteiger partial charge in [0.15, 0.2) is 5.96 Å². The molecule has 0 atom stereocenters. The normalized spacial score (nSPS) is 11.6. The van der Waals surface area contributed by atoms with Gasteiger partial charge in [0.2, 0.25) is 0 Å². The summed E-state index contributed by atoms with van der Waals surface area (Å²) in [5, 5.41) is 7.68. The fraction of sp³-hybridized carbons (Fsp3) is 0.444. The quantitative estimate of drug-likeness (QED) is 0.563. The first kappa shape index (κ1) is 19.7.